The summed E-state index contributed by atoms with van der Waals surface area (Å²) < 4.78 is 12.6. The summed E-state index contributed by atoms with van der Waals surface area (Å²) in [6.45, 7) is 8.58. The molecule has 0 unspecified atom stereocenters. The van der Waals surface area contributed by atoms with E-state index in [0.29, 0.717) is 5.92 Å². The van der Waals surface area contributed by atoms with Crippen LogP contribution in [0.2, 0.25) is 0 Å². The Bertz CT molecular complexity index is 271. The van der Waals surface area contributed by atoms with Gasteiger partial charge in [-0.1, -0.05) is 27.7 Å². The molecule has 0 N–H and O–H groups in total. The topological polar surface area (TPSA) is 12.9 Å². The van der Waals surface area contributed by atoms with Crippen molar-refractivity contribution in [2.45, 2.75) is 33.6 Å². The van der Waals surface area contributed by atoms with Crippen molar-refractivity contribution >= 4 is 0 Å². The lowest BCUT2D eigenvalue weighted by Crippen LogP contribution is -2.16. The minimum atomic E-state index is -0.273. The van der Waals surface area contributed by atoms with Gasteiger partial charge in [0, 0.05) is 11.6 Å². The molecule has 0 saturated heterocycles. The van der Waals surface area contributed by atoms with Crippen LogP contribution in [0.4, 0.5) is 4.39 Å². The van der Waals surface area contributed by atoms with Gasteiger partial charge in [-0.3, -0.25) is 4.98 Å². The van der Waals surface area contributed by atoms with Crippen LogP contribution in [0.1, 0.15) is 39.3 Å². The molecule has 1 aromatic rings. The molecule has 1 aromatic heterocycles. The lowest BCUT2D eigenvalue weighted by atomic mass is 9.80. The number of nitrogens with zero attached hydrogens (tertiary/aromatic N) is 1. The van der Waals surface area contributed by atoms with Crippen LogP contribution in [0.5, 0.6) is 0 Å². The van der Waals surface area contributed by atoms with E-state index in [1.165, 1.54) is 12.3 Å². The van der Waals surface area contributed by atoms with Gasteiger partial charge in [0.1, 0.15) is 5.82 Å². The first-order chi connectivity index (χ1) is 5.91. The van der Waals surface area contributed by atoms with Gasteiger partial charge in [-0.2, -0.15) is 0 Å². The molecule has 1 nitrogen and oxygen atoms in total. The van der Waals surface area contributed by atoms with E-state index >= 15 is 0 Å². The van der Waals surface area contributed by atoms with Crippen molar-refractivity contribution < 1.29 is 4.39 Å². The Morgan fingerprint density at radius 3 is 2.31 bits per heavy atom. The quantitative estimate of drug-likeness (QED) is 0.647. The summed E-state index contributed by atoms with van der Waals surface area (Å²) in [6, 6.07) is 3.22. The van der Waals surface area contributed by atoms with Crippen LogP contribution in [0.15, 0.2) is 18.3 Å². The molecular weight excluding hydrogens is 165 g/mol. The van der Waals surface area contributed by atoms with E-state index in [1.807, 2.05) is 0 Å². The highest BCUT2D eigenvalue weighted by molar-refractivity contribution is 5.11. The molecule has 13 heavy (non-hydrogen) atoms. The van der Waals surface area contributed by atoms with Gasteiger partial charge in [-0.15, -0.1) is 0 Å². The Morgan fingerprint density at radius 1 is 1.31 bits per heavy atom. The molecule has 0 fully saturated rings. The Kier molecular flexibility index (Phi) is 2.69. The monoisotopic (exact) mass is 181 g/mol. The van der Waals surface area contributed by atoms with Gasteiger partial charge >= 0.3 is 0 Å². The SMILES string of the molecule is C[C@H](c1ccc(F)cn1)C(C)(C)C. The fraction of sp³-hybridized carbons (Fsp3) is 0.545. The van der Waals surface area contributed by atoms with Crippen LogP contribution in [-0.2, 0) is 0 Å². The summed E-state index contributed by atoms with van der Waals surface area (Å²) in [5.74, 6) is 0.0676. The van der Waals surface area contributed by atoms with Crippen LogP contribution in [0.25, 0.3) is 0 Å². The van der Waals surface area contributed by atoms with Gasteiger partial charge in [-0.25, -0.2) is 4.39 Å². The molecule has 2 heteroatoms. The molecule has 1 rings (SSSR count). The third-order valence-corrected chi connectivity index (χ3v) is 2.49. The zero-order valence-corrected chi connectivity index (χ0v) is 8.63. The van der Waals surface area contributed by atoms with Gasteiger partial charge in [0.05, 0.1) is 6.20 Å². The maximum Gasteiger partial charge on any atom is 0.141 e. The number of aromatic nitrogens is 1. The largest absolute Gasteiger partial charge is 0.258 e. The highest BCUT2D eigenvalue weighted by Crippen LogP contribution is 2.32. The van der Waals surface area contributed by atoms with Gasteiger partial charge < -0.3 is 0 Å². The lowest BCUT2D eigenvalue weighted by Gasteiger charge is -2.26. The van der Waals surface area contributed by atoms with Crippen molar-refractivity contribution in [3.05, 3.63) is 29.8 Å². The smallest absolute Gasteiger partial charge is 0.141 e. The van der Waals surface area contributed by atoms with Crippen molar-refractivity contribution in [3.8, 4) is 0 Å². The fourth-order valence-corrected chi connectivity index (χ4v) is 1.09. The lowest BCUT2D eigenvalue weighted by molar-refractivity contribution is 0.333. The summed E-state index contributed by atoms with van der Waals surface area (Å²) >= 11 is 0. The van der Waals surface area contributed by atoms with E-state index in [9.17, 15) is 4.39 Å². The third kappa shape index (κ3) is 2.51. The summed E-state index contributed by atoms with van der Waals surface area (Å²) in [5, 5.41) is 0. The summed E-state index contributed by atoms with van der Waals surface area (Å²) in [5.41, 5.74) is 1.12. The zero-order valence-electron chi connectivity index (χ0n) is 8.63. The molecule has 0 bridgehead atoms. The first kappa shape index (κ1) is 10.2. The molecule has 0 aliphatic rings. The molecule has 0 aliphatic carbocycles. The summed E-state index contributed by atoms with van der Waals surface area (Å²) in [4.78, 5) is 4.07. The predicted octanol–water partition coefficient (Wildman–Crippen LogP) is 3.37. The maximum absolute atomic E-state index is 12.6. The Labute approximate surface area is 79.0 Å². The highest BCUT2D eigenvalue weighted by Gasteiger charge is 2.22. The van der Waals surface area contributed by atoms with Gasteiger partial charge in [-0.05, 0) is 17.5 Å². The standard InChI is InChI=1S/C11H16FN/c1-8(11(2,3)4)10-6-5-9(12)7-13-10/h5-8H,1-4H3/t8-/m1/s1. The van der Waals surface area contributed by atoms with Crippen molar-refractivity contribution in [2.75, 3.05) is 0 Å². The minimum absolute atomic E-state index is 0.171. The molecule has 0 saturated carbocycles. The molecule has 72 valence electrons. The second-order valence-electron chi connectivity index (χ2n) is 4.49. The molecular formula is C11H16FN. The number of halogens is 1. The highest BCUT2D eigenvalue weighted by atomic mass is 19.1. The molecule has 0 amide bonds. The second kappa shape index (κ2) is 3.44. The zero-order chi connectivity index (χ0) is 10.1. The molecule has 0 aliphatic heterocycles. The van der Waals surface area contributed by atoms with Gasteiger partial charge in [0.15, 0.2) is 0 Å². The molecule has 0 spiro atoms. The fourth-order valence-electron chi connectivity index (χ4n) is 1.09. The number of rotatable bonds is 1. The van der Waals surface area contributed by atoms with Crippen LogP contribution < -0.4 is 0 Å². The maximum atomic E-state index is 12.6. The Morgan fingerprint density at radius 2 is 1.92 bits per heavy atom. The van der Waals surface area contributed by atoms with E-state index < -0.39 is 0 Å². The van der Waals surface area contributed by atoms with E-state index in [-0.39, 0.29) is 11.2 Å². The number of pyridine rings is 1. The Balaban J connectivity index is 2.90. The summed E-state index contributed by atoms with van der Waals surface area (Å²) in [7, 11) is 0. The van der Waals surface area contributed by atoms with Gasteiger partial charge in [0.2, 0.25) is 0 Å². The normalized spacial score (nSPS) is 14.2. The molecule has 0 radical (unpaired) electrons. The average Bonchev–Trinajstić information content (AvgIpc) is 2.03. The van der Waals surface area contributed by atoms with Crippen molar-refractivity contribution in [3.63, 3.8) is 0 Å². The first-order valence-electron chi connectivity index (χ1n) is 4.52. The minimum Gasteiger partial charge on any atom is -0.258 e. The van der Waals surface area contributed by atoms with E-state index in [4.69, 9.17) is 0 Å². The van der Waals surface area contributed by atoms with E-state index in [2.05, 4.69) is 32.7 Å². The van der Waals surface area contributed by atoms with Crippen LogP contribution in [0.3, 0.4) is 0 Å². The van der Waals surface area contributed by atoms with E-state index in [0.717, 1.165) is 5.69 Å². The van der Waals surface area contributed by atoms with Crippen molar-refractivity contribution in [1.82, 2.24) is 4.98 Å². The Hall–Kier alpha value is -0.920. The van der Waals surface area contributed by atoms with Crippen LogP contribution in [0, 0.1) is 11.2 Å². The van der Waals surface area contributed by atoms with Crippen molar-refractivity contribution in [2.24, 2.45) is 5.41 Å². The van der Waals surface area contributed by atoms with Crippen LogP contribution >= 0.6 is 0 Å². The third-order valence-electron chi connectivity index (χ3n) is 2.49. The summed E-state index contributed by atoms with van der Waals surface area (Å²) in [6.07, 6.45) is 1.28. The predicted molar refractivity (Wildman–Crippen MR) is 52.1 cm³/mol. The molecule has 1 atom stereocenters. The molecule has 0 aromatic carbocycles. The van der Waals surface area contributed by atoms with Crippen LogP contribution in [-0.4, -0.2) is 4.98 Å². The van der Waals surface area contributed by atoms with E-state index in [1.54, 1.807) is 6.07 Å². The van der Waals surface area contributed by atoms with Gasteiger partial charge in [0.25, 0.3) is 0 Å². The first-order valence-corrected chi connectivity index (χ1v) is 4.52. The number of hydrogen-bond donors (Lipinski definition) is 0. The molecule has 1 heterocycles. The second-order valence-corrected chi connectivity index (χ2v) is 4.49. The number of hydrogen-bond acceptors (Lipinski definition) is 1. The average molecular weight is 181 g/mol. The van der Waals surface area contributed by atoms with Crippen molar-refractivity contribution in [1.29, 1.82) is 0 Å².